The van der Waals surface area contributed by atoms with Crippen LogP contribution in [0.1, 0.15) is 13.3 Å². The fourth-order valence-electron chi connectivity index (χ4n) is 4.23. The van der Waals surface area contributed by atoms with Gasteiger partial charge in [-0.3, -0.25) is 4.39 Å². The third-order valence-electron chi connectivity index (χ3n) is 6.17. The summed E-state index contributed by atoms with van der Waals surface area (Å²) >= 11 is 0. The van der Waals surface area contributed by atoms with Crippen LogP contribution in [-0.2, 0) is 15.7 Å². The Morgan fingerprint density at radius 3 is 2.82 bits per heavy atom. The number of ether oxygens (including phenoxy) is 1. The van der Waals surface area contributed by atoms with E-state index in [1.54, 1.807) is 36.5 Å². The maximum absolute atomic E-state index is 15.5. The van der Waals surface area contributed by atoms with Crippen LogP contribution in [-0.4, -0.2) is 62.4 Å². The van der Waals surface area contributed by atoms with Gasteiger partial charge in [-0.15, -0.1) is 0 Å². The molecule has 0 spiro atoms. The van der Waals surface area contributed by atoms with Gasteiger partial charge in [0.2, 0.25) is 0 Å². The van der Waals surface area contributed by atoms with Crippen LogP contribution in [0.5, 0.6) is 0 Å². The number of aromatic nitrogens is 4. The molecular weight excluding hydrogens is 512 g/mol. The average Bonchev–Trinajstić information content (AvgIpc) is 2.93. The Morgan fingerprint density at radius 1 is 1.18 bits per heavy atom. The van der Waals surface area contributed by atoms with Crippen LogP contribution in [0.25, 0.3) is 33.7 Å². The quantitative estimate of drug-likeness (QED) is 0.343. The van der Waals surface area contributed by atoms with Crippen molar-refractivity contribution < 1.29 is 17.7 Å². The summed E-state index contributed by atoms with van der Waals surface area (Å²) in [6.07, 6.45) is 1.75. The van der Waals surface area contributed by atoms with E-state index in [-0.39, 0.29) is 29.5 Å². The molecule has 2 unspecified atom stereocenters. The third kappa shape index (κ3) is 5.41. The van der Waals surface area contributed by atoms with E-state index in [0.717, 1.165) is 0 Å². The zero-order valence-electron chi connectivity index (χ0n) is 20.7. The largest absolute Gasteiger partial charge is 0.384 e. The summed E-state index contributed by atoms with van der Waals surface area (Å²) in [5, 5.41) is 0. The minimum Gasteiger partial charge on any atom is -0.384 e. The number of fused-ring (bicyclic) bond motifs is 1. The van der Waals surface area contributed by atoms with Crippen LogP contribution >= 0.6 is 0 Å². The van der Waals surface area contributed by atoms with Gasteiger partial charge in [-0.25, -0.2) is 28.5 Å². The molecule has 0 aliphatic carbocycles. The van der Waals surface area contributed by atoms with Crippen LogP contribution in [0.4, 0.5) is 26.1 Å². The van der Waals surface area contributed by atoms with Crippen LogP contribution in [0.3, 0.4) is 0 Å². The van der Waals surface area contributed by atoms with Gasteiger partial charge in [-0.1, -0.05) is 6.07 Å². The molecule has 4 heterocycles. The van der Waals surface area contributed by atoms with Gasteiger partial charge in [-0.2, -0.15) is 0 Å². The highest BCUT2D eigenvalue weighted by atomic mass is 32.2. The summed E-state index contributed by atoms with van der Waals surface area (Å²) < 4.78 is 48.4. The van der Waals surface area contributed by atoms with Gasteiger partial charge < -0.3 is 20.1 Å². The molecule has 9 nitrogen and oxygen atoms in total. The first-order valence-electron chi connectivity index (χ1n) is 12.2. The SMILES string of the molecule is CC1COCCN1c1nc(-c2ccc(N)nc2)nc2ccc(-c3cccc(NS(=O)CCCF)c3F)nc12. The Bertz CT molecular complexity index is 1470. The number of halogens is 2. The maximum Gasteiger partial charge on any atom is 0.163 e. The van der Waals surface area contributed by atoms with Crippen molar-refractivity contribution in [2.75, 3.05) is 47.5 Å². The van der Waals surface area contributed by atoms with Crippen molar-refractivity contribution in [3.63, 3.8) is 0 Å². The Balaban J connectivity index is 1.60. The number of hydrogen-bond acceptors (Lipinski definition) is 8. The maximum atomic E-state index is 15.5. The van der Waals surface area contributed by atoms with Gasteiger partial charge in [-0.05, 0) is 49.7 Å². The molecule has 4 aromatic rings. The van der Waals surface area contributed by atoms with Gasteiger partial charge in [0.15, 0.2) is 17.5 Å². The van der Waals surface area contributed by atoms with Gasteiger partial charge in [0.1, 0.15) is 22.3 Å². The molecule has 3 N–H and O–H groups in total. The van der Waals surface area contributed by atoms with Crippen molar-refractivity contribution >= 4 is 39.3 Å². The minimum atomic E-state index is -1.60. The molecule has 3 aromatic heterocycles. The normalized spacial score (nSPS) is 16.5. The van der Waals surface area contributed by atoms with Crippen molar-refractivity contribution in [2.45, 2.75) is 19.4 Å². The third-order valence-corrected chi connectivity index (χ3v) is 7.28. The molecule has 0 saturated carbocycles. The average molecular weight is 540 g/mol. The molecule has 12 heteroatoms. The second-order valence-electron chi connectivity index (χ2n) is 8.89. The Labute approximate surface area is 221 Å². The molecule has 1 saturated heterocycles. The number of nitrogen functional groups attached to an aromatic ring is 1. The summed E-state index contributed by atoms with van der Waals surface area (Å²) in [6, 6.07) is 11.7. The number of pyridine rings is 2. The molecule has 1 aromatic carbocycles. The number of nitrogens with zero attached hydrogens (tertiary/aromatic N) is 5. The lowest BCUT2D eigenvalue weighted by atomic mass is 10.1. The first kappa shape index (κ1) is 25.9. The van der Waals surface area contributed by atoms with E-state index in [2.05, 4.69) is 14.6 Å². The van der Waals surface area contributed by atoms with Crippen LogP contribution < -0.4 is 15.4 Å². The number of alkyl halides is 1. The number of morpholine rings is 1. The molecule has 1 aliphatic rings. The lowest BCUT2D eigenvalue weighted by molar-refractivity contribution is 0.0987. The van der Waals surface area contributed by atoms with Crippen LogP contribution in [0.15, 0.2) is 48.7 Å². The second-order valence-corrected chi connectivity index (χ2v) is 10.2. The Hall–Kier alpha value is -3.77. The predicted molar refractivity (Wildman–Crippen MR) is 145 cm³/mol. The van der Waals surface area contributed by atoms with Gasteiger partial charge in [0.05, 0.1) is 42.8 Å². The molecule has 2 atom stereocenters. The first-order valence-corrected chi connectivity index (χ1v) is 13.5. The van der Waals surface area contributed by atoms with Crippen molar-refractivity contribution in [1.29, 1.82) is 0 Å². The fourth-order valence-corrected chi connectivity index (χ4v) is 5.10. The number of hydrogen-bond donors (Lipinski definition) is 2. The minimum absolute atomic E-state index is 0.0354. The molecule has 1 fully saturated rings. The Morgan fingerprint density at radius 2 is 2.05 bits per heavy atom. The highest BCUT2D eigenvalue weighted by molar-refractivity contribution is 7.86. The van der Waals surface area contributed by atoms with Gasteiger partial charge in [0.25, 0.3) is 0 Å². The Kier molecular flexibility index (Phi) is 7.70. The lowest BCUT2D eigenvalue weighted by Gasteiger charge is -2.34. The predicted octanol–water partition coefficient (Wildman–Crippen LogP) is 4.14. The van der Waals surface area contributed by atoms with Crippen LogP contribution in [0, 0.1) is 5.82 Å². The number of anilines is 3. The van der Waals surface area contributed by atoms with E-state index < -0.39 is 23.5 Å². The van der Waals surface area contributed by atoms with Gasteiger partial charge >= 0.3 is 0 Å². The topological polar surface area (TPSA) is 119 Å². The smallest absolute Gasteiger partial charge is 0.163 e. The van der Waals surface area contributed by atoms with E-state index >= 15 is 4.39 Å². The fraction of sp³-hybridized carbons (Fsp3) is 0.308. The summed E-state index contributed by atoms with van der Waals surface area (Å²) in [5.41, 5.74) is 8.23. The molecular formula is C26H27F2N7O2S. The zero-order chi connectivity index (χ0) is 26.6. The van der Waals surface area contributed by atoms with E-state index in [1.807, 2.05) is 13.0 Å². The second kappa shape index (κ2) is 11.3. The van der Waals surface area contributed by atoms with Crippen molar-refractivity contribution in [2.24, 2.45) is 0 Å². The van der Waals surface area contributed by atoms with Crippen molar-refractivity contribution in [3.05, 3.63) is 54.5 Å². The summed E-state index contributed by atoms with van der Waals surface area (Å²) in [4.78, 5) is 20.6. The molecule has 5 rings (SSSR count). The molecule has 198 valence electrons. The molecule has 0 amide bonds. The molecule has 38 heavy (non-hydrogen) atoms. The number of rotatable bonds is 8. The highest BCUT2D eigenvalue weighted by Crippen LogP contribution is 2.32. The molecule has 1 aliphatic heterocycles. The van der Waals surface area contributed by atoms with E-state index in [1.165, 1.54) is 6.07 Å². The zero-order valence-corrected chi connectivity index (χ0v) is 21.5. The van der Waals surface area contributed by atoms with Crippen molar-refractivity contribution in [1.82, 2.24) is 19.9 Å². The van der Waals surface area contributed by atoms with Gasteiger partial charge in [0, 0.05) is 29.6 Å². The first-order chi connectivity index (χ1) is 18.4. The summed E-state index contributed by atoms with van der Waals surface area (Å²) in [5.74, 6) is 0.967. The molecule has 0 radical (unpaired) electrons. The van der Waals surface area contributed by atoms with E-state index in [4.69, 9.17) is 25.4 Å². The van der Waals surface area contributed by atoms with Crippen LogP contribution in [0.2, 0.25) is 0 Å². The summed E-state index contributed by atoms with van der Waals surface area (Å²) in [6.45, 7) is 3.14. The number of benzene rings is 1. The summed E-state index contributed by atoms with van der Waals surface area (Å²) in [7, 11) is -1.60. The van der Waals surface area contributed by atoms with E-state index in [9.17, 15) is 8.60 Å². The molecule has 0 bridgehead atoms. The number of nitrogens with two attached hydrogens (primary N) is 1. The lowest BCUT2D eigenvalue weighted by Crippen LogP contribution is -2.44. The highest BCUT2D eigenvalue weighted by Gasteiger charge is 2.25. The monoisotopic (exact) mass is 539 g/mol. The van der Waals surface area contributed by atoms with E-state index in [0.29, 0.717) is 59.5 Å². The van der Waals surface area contributed by atoms with Crippen molar-refractivity contribution in [3.8, 4) is 22.6 Å². The standard InChI is InChI=1S/C26H27F2N7O2S/c1-16-15-37-12-11-35(16)26-24-21(32-25(33-26)17-6-9-22(29)30-14-17)8-7-19(31-24)18-4-2-5-20(23(18)28)34-38(36)13-3-10-27/h2,4-9,14,16,34H,3,10-13,15H2,1H3,(H2,29,30). The number of nitrogens with one attached hydrogen (secondary N) is 1.